The second kappa shape index (κ2) is 9.10. The third-order valence-electron chi connectivity index (χ3n) is 5.57. The van der Waals surface area contributed by atoms with Gasteiger partial charge in [-0.1, -0.05) is 17.7 Å². The van der Waals surface area contributed by atoms with E-state index in [1.54, 1.807) is 30.6 Å². The maximum Gasteiger partial charge on any atom is 0.346 e. The topological polar surface area (TPSA) is 124 Å². The molecular formula is C24H15ClFN3O6S. The molecule has 0 saturated carbocycles. The number of pyridine rings is 1. The van der Waals surface area contributed by atoms with E-state index in [0.29, 0.717) is 5.02 Å². The molecule has 0 aliphatic rings. The van der Waals surface area contributed by atoms with Crippen molar-refractivity contribution in [3.8, 4) is 17.2 Å². The highest BCUT2D eigenvalue weighted by Gasteiger charge is 2.22. The zero-order valence-corrected chi connectivity index (χ0v) is 19.9. The molecule has 0 spiro atoms. The van der Waals surface area contributed by atoms with Crippen LogP contribution in [0.25, 0.3) is 27.4 Å². The van der Waals surface area contributed by atoms with Crippen LogP contribution in [0.2, 0.25) is 5.02 Å². The summed E-state index contributed by atoms with van der Waals surface area (Å²) in [5.74, 6) is -2.01. The molecule has 0 saturated heterocycles. The predicted octanol–water partition coefficient (Wildman–Crippen LogP) is 4.37. The number of hydrogen-bond donors (Lipinski definition) is 2. The molecule has 0 bridgehead atoms. The number of rotatable bonds is 6. The lowest BCUT2D eigenvalue weighted by molar-refractivity contribution is 0.0704. The standard InChI is InChI=1S/C24H15ClFN3O6S/c1-34-18-6-15(26)16(29-17-10-36-21(23(31)32)20(17)22(30)28-24(29)33)7-19(18)35-9-11-2-3-14(25)12-4-5-27-8-13(11)12/h2-8,10H,9H2,1H3,(H,31,32)(H,28,30,33). The molecule has 0 aliphatic heterocycles. The quantitative estimate of drug-likeness (QED) is 0.336. The summed E-state index contributed by atoms with van der Waals surface area (Å²) in [5, 5.41) is 12.6. The van der Waals surface area contributed by atoms with Crippen LogP contribution in [0.1, 0.15) is 15.2 Å². The molecule has 0 atom stereocenters. The van der Waals surface area contributed by atoms with Crippen LogP contribution < -0.4 is 20.7 Å². The second-order valence-corrected chi connectivity index (χ2v) is 8.88. The number of aromatic nitrogens is 3. The Balaban J connectivity index is 1.63. The number of aromatic carboxylic acids is 1. The van der Waals surface area contributed by atoms with E-state index in [4.69, 9.17) is 21.1 Å². The molecule has 2 N–H and O–H groups in total. The summed E-state index contributed by atoms with van der Waals surface area (Å²) in [7, 11) is 1.34. The van der Waals surface area contributed by atoms with E-state index in [1.807, 2.05) is 0 Å². The third kappa shape index (κ3) is 3.88. The number of H-pyrrole nitrogens is 1. The fraction of sp³-hybridized carbons (Fsp3) is 0.0833. The monoisotopic (exact) mass is 527 g/mol. The highest BCUT2D eigenvalue weighted by atomic mass is 35.5. The summed E-state index contributed by atoms with van der Waals surface area (Å²) < 4.78 is 27.3. The maximum absolute atomic E-state index is 15.2. The molecule has 5 aromatic rings. The van der Waals surface area contributed by atoms with Gasteiger partial charge in [0.05, 0.1) is 23.7 Å². The van der Waals surface area contributed by atoms with Crippen molar-refractivity contribution in [2.24, 2.45) is 0 Å². The zero-order valence-electron chi connectivity index (χ0n) is 18.4. The highest BCUT2D eigenvalue weighted by Crippen LogP contribution is 2.34. The number of thiophene rings is 1. The van der Waals surface area contributed by atoms with Crippen LogP contribution >= 0.6 is 22.9 Å². The molecule has 2 aromatic carbocycles. The van der Waals surface area contributed by atoms with Crippen molar-refractivity contribution >= 4 is 50.6 Å². The van der Waals surface area contributed by atoms with Gasteiger partial charge < -0.3 is 14.6 Å². The number of halogens is 2. The van der Waals surface area contributed by atoms with E-state index in [0.717, 1.165) is 38.3 Å². The summed E-state index contributed by atoms with van der Waals surface area (Å²) in [6, 6.07) is 7.57. The number of hydrogen-bond acceptors (Lipinski definition) is 7. The fourth-order valence-electron chi connectivity index (χ4n) is 3.92. The number of aromatic amines is 1. The van der Waals surface area contributed by atoms with E-state index in [-0.39, 0.29) is 39.6 Å². The number of ether oxygens (including phenoxy) is 2. The molecule has 9 nitrogen and oxygen atoms in total. The Morgan fingerprint density at radius 3 is 2.78 bits per heavy atom. The second-order valence-electron chi connectivity index (χ2n) is 7.60. The summed E-state index contributed by atoms with van der Waals surface area (Å²) in [6.45, 7) is 0.0400. The van der Waals surface area contributed by atoms with Crippen LogP contribution in [-0.4, -0.2) is 32.7 Å². The fourth-order valence-corrected chi connectivity index (χ4v) is 5.01. The average molecular weight is 528 g/mol. The zero-order chi connectivity index (χ0) is 25.6. The number of nitrogens with one attached hydrogen (secondary N) is 1. The first kappa shape index (κ1) is 23.5. The third-order valence-corrected chi connectivity index (χ3v) is 6.85. The van der Waals surface area contributed by atoms with Gasteiger partial charge in [0.15, 0.2) is 17.3 Å². The van der Waals surface area contributed by atoms with Crippen molar-refractivity contribution in [2.75, 3.05) is 7.11 Å². The van der Waals surface area contributed by atoms with Gasteiger partial charge in [-0.25, -0.2) is 14.0 Å². The lowest BCUT2D eigenvalue weighted by Gasteiger charge is -2.16. The van der Waals surface area contributed by atoms with Crippen LogP contribution in [0.5, 0.6) is 11.5 Å². The minimum atomic E-state index is -1.34. The molecule has 0 aliphatic carbocycles. The molecular weight excluding hydrogens is 513 g/mol. The van der Waals surface area contributed by atoms with Gasteiger partial charge >= 0.3 is 11.7 Å². The number of methoxy groups -OCH3 is 1. The molecule has 0 amide bonds. The lowest BCUT2D eigenvalue weighted by Crippen LogP contribution is -2.29. The SMILES string of the molecule is COc1cc(F)c(-n2c(=O)[nH]c(=O)c3c(C(=O)O)scc32)cc1OCc1ccc(Cl)c2ccncc12. The average Bonchev–Trinajstić information content (AvgIpc) is 3.31. The van der Waals surface area contributed by atoms with Crippen LogP contribution in [0.3, 0.4) is 0 Å². The first-order chi connectivity index (χ1) is 17.3. The Labute approximate surface area is 209 Å². The first-order valence-corrected chi connectivity index (χ1v) is 11.6. The Morgan fingerprint density at radius 2 is 2.03 bits per heavy atom. The molecule has 12 heteroatoms. The van der Waals surface area contributed by atoms with E-state index >= 15 is 4.39 Å². The van der Waals surface area contributed by atoms with Gasteiger partial charge in [0.2, 0.25) is 0 Å². The van der Waals surface area contributed by atoms with Crippen LogP contribution in [0.15, 0.2) is 57.7 Å². The van der Waals surface area contributed by atoms with Gasteiger partial charge in [0, 0.05) is 45.7 Å². The largest absolute Gasteiger partial charge is 0.493 e. The van der Waals surface area contributed by atoms with Gasteiger partial charge in [0.25, 0.3) is 5.56 Å². The normalized spacial score (nSPS) is 11.2. The molecule has 0 unspecified atom stereocenters. The van der Waals surface area contributed by atoms with Gasteiger partial charge in [-0.05, 0) is 17.7 Å². The molecule has 3 heterocycles. The van der Waals surface area contributed by atoms with Crippen molar-refractivity contribution in [1.29, 1.82) is 0 Å². The van der Waals surface area contributed by atoms with Gasteiger partial charge in [-0.2, -0.15) is 0 Å². The van der Waals surface area contributed by atoms with Crippen molar-refractivity contribution in [3.63, 3.8) is 0 Å². The van der Waals surface area contributed by atoms with Gasteiger partial charge in [-0.15, -0.1) is 11.3 Å². The van der Waals surface area contributed by atoms with Crippen LogP contribution in [0.4, 0.5) is 4.39 Å². The number of carbonyl (C=O) groups is 1. The van der Waals surface area contributed by atoms with Crippen molar-refractivity contribution < 1.29 is 23.8 Å². The van der Waals surface area contributed by atoms with Crippen LogP contribution in [0, 0.1) is 5.82 Å². The molecule has 5 rings (SSSR count). The minimum Gasteiger partial charge on any atom is -0.493 e. The maximum atomic E-state index is 15.2. The minimum absolute atomic E-state index is 0.0400. The van der Waals surface area contributed by atoms with Crippen molar-refractivity contribution in [2.45, 2.75) is 6.61 Å². The summed E-state index contributed by atoms with van der Waals surface area (Å²) >= 11 is 7.03. The summed E-state index contributed by atoms with van der Waals surface area (Å²) in [5.41, 5.74) is -1.36. The number of fused-ring (bicyclic) bond motifs is 2. The van der Waals surface area contributed by atoms with Crippen molar-refractivity contribution in [1.82, 2.24) is 14.5 Å². The Hall–Kier alpha value is -4.22. The smallest absolute Gasteiger partial charge is 0.346 e. The van der Waals surface area contributed by atoms with E-state index in [1.165, 1.54) is 18.6 Å². The summed E-state index contributed by atoms with van der Waals surface area (Å²) in [4.78, 5) is 42.5. The predicted molar refractivity (Wildman–Crippen MR) is 133 cm³/mol. The summed E-state index contributed by atoms with van der Waals surface area (Å²) in [6.07, 6.45) is 3.28. The van der Waals surface area contributed by atoms with Gasteiger partial charge in [0.1, 0.15) is 11.5 Å². The molecule has 0 radical (unpaired) electrons. The van der Waals surface area contributed by atoms with E-state index in [9.17, 15) is 19.5 Å². The Kier molecular flexibility index (Phi) is 5.94. The Morgan fingerprint density at radius 1 is 1.22 bits per heavy atom. The number of nitrogens with zero attached hydrogens (tertiary/aromatic N) is 2. The highest BCUT2D eigenvalue weighted by molar-refractivity contribution is 7.13. The lowest BCUT2D eigenvalue weighted by atomic mass is 10.1. The van der Waals surface area contributed by atoms with Crippen LogP contribution in [-0.2, 0) is 6.61 Å². The number of carboxylic acid groups (broad SMARTS) is 1. The van der Waals surface area contributed by atoms with Gasteiger partial charge in [-0.3, -0.25) is 19.3 Å². The van der Waals surface area contributed by atoms with E-state index in [2.05, 4.69) is 9.97 Å². The van der Waals surface area contributed by atoms with Crippen molar-refractivity contribution in [3.05, 3.63) is 90.2 Å². The molecule has 182 valence electrons. The first-order valence-electron chi connectivity index (χ1n) is 10.3. The molecule has 3 aromatic heterocycles. The van der Waals surface area contributed by atoms with E-state index < -0.39 is 23.0 Å². The molecule has 0 fully saturated rings. The molecule has 36 heavy (non-hydrogen) atoms. The Bertz CT molecular complexity index is 1800. The number of carboxylic acids is 1. The number of benzene rings is 2.